The Morgan fingerprint density at radius 1 is 1.00 bits per heavy atom. The van der Waals surface area contributed by atoms with Crippen molar-refractivity contribution in [1.29, 1.82) is 0 Å². The molecule has 3 heteroatoms. The summed E-state index contributed by atoms with van der Waals surface area (Å²) in [7, 11) is 0. The van der Waals surface area contributed by atoms with Gasteiger partial charge in [-0.1, -0.05) is 41.4 Å². The van der Waals surface area contributed by atoms with Gasteiger partial charge in [0.15, 0.2) is 0 Å². The van der Waals surface area contributed by atoms with E-state index in [1.807, 2.05) is 57.2 Å². The number of hydrogen-bond acceptors (Lipinski definition) is 1. The Labute approximate surface area is 123 Å². The molecule has 0 atom stereocenters. The summed E-state index contributed by atoms with van der Waals surface area (Å²) in [6.07, 6.45) is 1.72. The van der Waals surface area contributed by atoms with Crippen molar-refractivity contribution in [3.05, 3.63) is 46.5 Å². The maximum Gasteiger partial charge on any atom is 0.120 e. The molecule has 0 amide bonds. The highest BCUT2D eigenvalue weighted by molar-refractivity contribution is 6.57. The van der Waals surface area contributed by atoms with Gasteiger partial charge in [0.05, 0.1) is 0 Å². The molecule has 2 aromatic rings. The number of halogens is 2. The van der Waals surface area contributed by atoms with Crippen LogP contribution in [0.2, 0.25) is 0 Å². The van der Waals surface area contributed by atoms with E-state index in [1.54, 1.807) is 6.08 Å². The van der Waals surface area contributed by atoms with Gasteiger partial charge in [-0.05, 0) is 61.4 Å². The second-order valence-corrected chi connectivity index (χ2v) is 6.42. The molecule has 0 aliphatic heterocycles. The SMILES string of the molecule is CC(C)(C)Oc1ccc2cc(C=C(Cl)Cl)ccc2c1. The average molecular weight is 295 g/mol. The van der Waals surface area contributed by atoms with Gasteiger partial charge in [-0.25, -0.2) is 0 Å². The van der Waals surface area contributed by atoms with Crippen LogP contribution in [0.25, 0.3) is 16.8 Å². The number of rotatable bonds is 2. The molecule has 0 aromatic heterocycles. The van der Waals surface area contributed by atoms with E-state index in [9.17, 15) is 0 Å². The second kappa shape index (κ2) is 5.44. The zero-order valence-electron chi connectivity index (χ0n) is 11.2. The van der Waals surface area contributed by atoms with Crippen molar-refractivity contribution in [3.63, 3.8) is 0 Å². The minimum absolute atomic E-state index is 0.192. The lowest BCUT2D eigenvalue weighted by Crippen LogP contribution is -2.22. The summed E-state index contributed by atoms with van der Waals surface area (Å²) in [5.74, 6) is 0.874. The van der Waals surface area contributed by atoms with Gasteiger partial charge in [-0.15, -0.1) is 0 Å². The Morgan fingerprint density at radius 3 is 2.26 bits per heavy atom. The van der Waals surface area contributed by atoms with Crippen molar-refractivity contribution in [2.45, 2.75) is 26.4 Å². The number of benzene rings is 2. The smallest absolute Gasteiger partial charge is 0.120 e. The van der Waals surface area contributed by atoms with Crippen LogP contribution in [-0.2, 0) is 0 Å². The first kappa shape index (κ1) is 14.2. The number of ether oxygens (including phenoxy) is 1. The van der Waals surface area contributed by atoms with E-state index >= 15 is 0 Å². The summed E-state index contributed by atoms with van der Waals surface area (Å²) < 4.78 is 6.11. The molecule has 100 valence electrons. The Kier molecular flexibility index (Phi) is 4.07. The van der Waals surface area contributed by atoms with Gasteiger partial charge in [-0.3, -0.25) is 0 Å². The second-order valence-electron chi connectivity index (χ2n) is 5.42. The Balaban J connectivity index is 2.38. The van der Waals surface area contributed by atoms with Gasteiger partial charge >= 0.3 is 0 Å². The first-order chi connectivity index (χ1) is 8.83. The lowest BCUT2D eigenvalue weighted by atomic mass is 10.1. The van der Waals surface area contributed by atoms with Gasteiger partial charge in [0, 0.05) is 0 Å². The predicted octanol–water partition coefficient (Wildman–Crippen LogP) is 5.79. The maximum absolute atomic E-state index is 5.85. The van der Waals surface area contributed by atoms with Crippen molar-refractivity contribution >= 4 is 40.1 Å². The Morgan fingerprint density at radius 2 is 1.63 bits per heavy atom. The van der Waals surface area contributed by atoms with E-state index in [1.165, 1.54) is 0 Å². The van der Waals surface area contributed by atoms with Crippen LogP contribution in [0.4, 0.5) is 0 Å². The molecule has 0 saturated heterocycles. The van der Waals surface area contributed by atoms with E-state index < -0.39 is 0 Å². The molecule has 0 N–H and O–H groups in total. The summed E-state index contributed by atoms with van der Waals surface area (Å²) in [5, 5.41) is 2.26. The fourth-order valence-corrected chi connectivity index (χ4v) is 2.13. The standard InChI is InChI=1S/C16H16Cl2O/c1-16(2,3)19-14-7-6-12-8-11(9-15(17)18)4-5-13(12)10-14/h4-10H,1-3H3. The van der Waals surface area contributed by atoms with E-state index in [2.05, 4.69) is 0 Å². The predicted molar refractivity (Wildman–Crippen MR) is 84.0 cm³/mol. The van der Waals surface area contributed by atoms with Crippen LogP contribution in [-0.4, -0.2) is 5.60 Å². The van der Waals surface area contributed by atoms with Crippen LogP contribution in [0.15, 0.2) is 40.9 Å². The summed E-state index contributed by atoms with van der Waals surface area (Å²) in [4.78, 5) is 0. The molecule has 0 heterocycles. The molecule has 0 bridgehead atoms. The molecule has 0 fully saturated rings. The molecule has 0 radical (unpaired) electrons. The van der Waals surface area contributed by atoms with Crippen LogP contribution >= 0.6 is 23.2 Å². The number of hydrogen-bond donors (Lipinski definition) is 0. The molecule has 2 rings (SSSR count). The molecule has 19 heavy (non-hydrogen) atoms. The quantitative estimate of drug-likeness (QED) is 0.681. The largest absolute Gasteiger partial charge is 0.488 e. The fraction of sp³-hybridized carbons (Fsp3) is 0.250. The third-order valence-corrected chi connectivity index (χ3v) is 2.75. The van der Waals surface area contributed by atoms with Gasteiger partial charge in [0.25, 0.3) is 0 Å². The zero-order valence-corrected chi connectivity index (χ0v) is 12.7. The van der Waals surface area contributed by atoms with Crippen LogP contribution in [0.1, 0.15) is 26.3 Å². The lowest BCUT2D eigenvalue weighted by molar-refractivity contribution is 0.131. The highest BCUT2D eigenvalue weighted by Crippen LogP contribution is 2.26. The average Bonchev–Trinajstić information content (AvgIpc) is 2.26. The van der Waals surface area contributed by atoms with E-state index in [0.717, 1.165) is 22.1 Å². The van der Waals surface area contributed by atoms with Crippen LogP contribution in [0, 0.1) is 0 Å². The summed E-state index contributed by atoms with van der Waals surface area (Å²) >= 11 is 11.3. The molecule has 0 saturated carbocycles. The topological polar surface area (TPSA) is 9.23 Å². The number of fused-ring (bicyclic) bond motifs is 1. The van der Waals surface area contributed by atoms with Gasteiger partial charge in [0.1, 0.15) is 15.8 Å². The Hall–Kier alpha value is -1.18. The summed E-state index contributed by atoms with van der Waals surface area (Å²) in [5.41, 5.74) is 0.791. The first-order valence-corrected chi connectivity index (χ1v) is 6.85. The fourth-order valence-electron chi connectivity index (χ4n) is 1.88. The van der Waals surface area contributed by atoms with Crippen LogP contribution < -0.4 is 4.74 Å². The monoisotopic (exact) mass is 294 g/mol. The minimum atomic E-state index is -0.192. The molecule has 0 aliphatic rings. The normalized spacial score (nSPS) is 11.4. The molecule has 1 nitrogen and oxygen atoms in total. The highest BCUT2D eigenvalue weighted by atomic mass is 35.5. The van der Waals surface area contributed by atoms with E-state index in [0.29, 0.717) is 0 Å². The van der Waals surface area contributed by atoms with Gasteiger partial charge < -0.3 is 4.74 Å². The van der Waals surface area contributed by atoms with Crippen molar-refractivity contribution in [1.82, 2.24) is 0 Å². The molecule has 2 aromatic carbocycles. The van der Waals surface area contributed by atoms with Crippen LogP contribution in [0.5, 0.6) is 5.75 Å². The van der Waals surface area contributed by atoms with Crippen molar-refractivity contribution in [2.75, 3.05) is 0 Å². The van der Waals surface area contributed by atoms with Gasteiger partial charge in [0.2, 0.25) is 0 Å². The molecular formula is C16H16Cl2O. The minimum Gasteiger partial charge on any atom is -0.488 e. The van der Waals surface area contributed by atoms with E-state index in [-0.39, 0.29) is 10.1 Å². The van der Waals surface area contributed by atoms with Crippen molar-refractivity contribution in [3.8, 4) is 5.75 Å². The highest BCUT2D eigenvalue weighted by Gasteiger charge is 2.11. The zero-order chi connectivity index (χ0) is 14.0. The third kappa shape index (κ3) is 4.15. The Bertz CT molecular complexity index is 620. The first-order valence-electron chi connectivity index (χ1n) is 6.09. The molecule has 0 unspecified atom stereocenters. The molecule has 0 spiro atoms. The lowest BCUT2D eigenvalue weighted by Gasteiger charge is -2.21. The van der Waals surface area contributed by atoms with E-state index in [4.69, 9.17) is 27.9 Å². The molecular weight excluding hydrogens is 279 g/mol. The molecule has 0 aliphatic carbocycles. The van der Waals surface area contributed by atoms with Crippen molar-refractivity contribution in [2.24, 2.45) is 0 Å². The van der Waals surface area contributed by atoms with Gasteiger partial charge in [-0.2, -0.15) is 0 Å². The van der Waals surface area contributed by atoms with Crippen molar-refractivity contribution < 1.29 is 4.74 Å². The summed E-state index contributed by atoms with van der Waals surface area (Å²) in [6, 6.07) is 12.1. The summed E-state index contributed by atoms with van der Waals surface area (Å²) in [6.45, 7) is 6.11. The maximum atomic E-state index is 5.85. The third-order valence-electron chi connectivity index (χ3n) is 2.54. The van der Waals surface area contributed by atoms with Crippen LogP contribution in [0.3, 0.4) is 0 Å².